The standard InChI is InChI=1S/C30H29F3IN5O5S/c1-17(2)45(41,42)22-9-7-19(8-10-22)23-15-36-28(35)26(37-23)27-24(34)25(38-44-27)20-5-3-18(4-6-20)16-39(29(40)30(31,32)33)21-11-13-43-14-12-21/h3-10,15,17,21H,11-14,16H2,1-2H3,(H2,35,36). The molecule has 0 bridgehead atoms. The van der Waals surface area contributed by atoms with Gasteiger partial charge in [0.25, 0.3) is 0 Å². The smallest absolute Gasteiger partial charge is 0.382 e. The van der Waals surface area contributed by atoms with E-state index >= 15 is 0 Å². The molecule has 0 aliphatic carbocycles. The second-order valence-electron chi connectivity index (χ2n) is 10.8. The number of amides is 1. The van der Waals surface area contributed by atoms with Crippen LogP contribution in [-0.2, 0) is 25.9 Å². The Hall–Kier alpha value is -3.57. The largest absolute Gasteiger partial charge is 0.471 e. The number of ether oxygens (including phenoxy) is 1. The zero-order chi connectivity index (χ0) is 32.5. The second-order valence-corrected chi connectivity index (χ2v) is 14.3. The van der Waals surface area contributed by atoms with Crippen LogP contribution in [0.5, 0.6) is 0 Å². The molecule has 1 aliphatic rings. The third kappa shape index (κ3) is 6.99. The maximum Gasteiger partial charge on any atom is 0.471 e. The Morgan fingerprint density at radius 1 is 1.04 bits per heavy atom. The highest BCUT2D eigenvalue weighted by Crippen LogP contribution is 2.36. The number of anilines is 1. The Bertz CT molecular complexity index is 1790. The van der Waals surface area contributed by atoms with Gasteiger partial charge in [-0.25, -0.2) is 18.4 Å². The fourth-order valence-corrected chi connectivity index (χ4v) is 6.71. The molecule has 4 aromatic rings. The van der Waals surface area contributed by atoms with Gasteiger partial charge in [0, 0.05) is 36.9 Å². The van der Waals surface area contributed by atoms with Gasteiger partial charge in [0.1, 0.15) is 5.69 Å². The summed E-state index contributed by atoms with van der Waals surface area (Å²) in [7, 11) is -3.43. The third-order valence-electron chi connectivity index (χ3n) is 7.47. The summed E-state index contributed by atoms with van der Waals surface area (Å²) < 4.78 is 76.6. The third-order valence-corrected chi connectivity index (χ3v) is 10.6. The predicted molar refractivity (Wildman–Crippen MR) is 168 cm³/mol. The molecule has 2 aromatic carbocycles. The lowest BCUT2D eigenvalue weighted by Gasteiger charge is -2.34. The van der Waals surface area contributed by atoms with Crippen molar-refractivity contribution in [1.82, 2.24) is 20.0 Å². The molecular weight excluding hydrogens is 726 g/mol. The molecule has 1 amide bonds. The maximum absolute atomic E-state index is 13.4. The summed E-state index contributed by atoms with van der Waals surface area (Å²) in [6, 6.07) is 12.4. The van der Waals surface area contributed by atoms with E-state index in [4.69, 9.17) is 15.0 Å². The first-order valence-electron chi connectivity index (χ1n) is 13.9. The molecule has 5 rings (SSSR count). The number of nitrogens with zero attached hydrogens (tertiary/aromatic N) is 4. The summed E-state index contributed by atoms with van der Waals surface area (Å²) in [5, 5.41) is 3.63. The molecule has 3 heterocycles. The SMILES string of the molecule is CC(C)S(=O)(=O)c1ccc(-c2cnc(N)c(-c3onc(-c4ccc(CN(C(=O)C(F)(F)F)C5CCOCC5)cc4)c3I)n2)cc1. The van der Waals surface area contributed by atoms with Crippen molar-refractivity contribution in [3.05, 3.63) is 63.9 Å². The monoisotopic (exact) mass is 755 g/mol. The molecule has 0 spiro atoms. The number of nitrogen functional groups attached to an aromatic ring is 1. The minimum Gasteiger partial charge on any atom is -0.382 e. The number of carbonyl (C=O) groups is 1. The van der Waals surface area contributed by atoms with Gasteiger partial charge in [-0.1, -0.05) is 41.6 Å². The summed E-state index contributed by atoms with van der Waals surface area (Å²) in [4.78, 5) is 22.2. The van der Waals surface area contributed by atoms with Gasteiger partial charge in [-0.15, -0.1) is 0 Å². The quantitative estimate of drug-likeness (QED) is 0.218. The van der Waals surface area contributed by atoms with Crippen LogP contribution in [0.3, 0.4) is 0 Å². The summed E-state index contributed by atoms with van der Waals surface area (Å²) in [6.45, 7) is 3.62. The van der Waals surface area contributed by atoms with E-state index in [0.717, 1.165) is 4.90 Å². The molecule has 2 N–H and O–H groups in total. The number of benzene rings is 2. The fourth-order valence-electron chi connectivity index (χ4n) is 4.89. The first-order valence-corrected chi connectivity index (χ1v) is 16.6. The minimum atomic E-state index is -4.98. The molecule has 0 saturated carbocycles. The van der Waals surface area contributed by atoms with Gasteiger partial charge < -0.3 is 19.9 Å². The van der Waals surface area contributed by atoms with Crippen molar-refractivity contribution in [3.63, 3.8) is 0 Å². The highest BCUT2D eigenvalue weighted by molar-refractivity contribution is 14.1. The zero-order valence-corrected chi connectivity index (χ0v) is 27.2. The average molecular weight is 756 g/mol. The van der Waals surface area contributed by atoms with E-state index in [0.29, 0.717) is 57.7 Å². The van der Waals surface area contributed by atoms with Crippen LogP contribution in [-0.4, -0.2) is 65.0 Å². The second kappa shape index (κ2) is 13.0. The molecular formula is C30H29F3IN5O5S. The van der Waals surface area contributed by atoms with Gasteiger partial charge in [0.05, 0.1) is 25.6 Å². The number of alkyl halides is 3. The van der Waals surface area contributed by atoms with Gasteiger partial charge >= 0.3 is 12.1 Å². The summed E-state index contributed by atoms with van der Waals surface area (Å²) in [6.07, 6.45) is -2.84. The normalized spacial score (nSPS) is 14.6. The van der Waals surface area contributed by atoms with Crippen LogP contribution >= 0.6 is 22.6 Å². The number of nitrogens with two attached hydrogens (primary N) is 1. The van der Waals surface area contributed by atoms with Gasteiger partial charge in [-0.05, 0) is 67.0 Å². The van der Waals surface area contributed by atoms with Crippen LogP contribution < -0.4 is 5.73 Å². The first kappa shape index (κ1) is 32.8. The Balaban J connectivity index is 1.39. The summed E-state index contributed by atoms with van der Waals surface area (Å²) in [5.74, 6) is -1.51. The minimum absolute atomic E-state index is 0.0938. The summed E-state index contributed by atoms with van der Waals surface area (Å²) in [5.41, 5.74) is 9.06. The van der Waals surface area contributed by atoms with E-state index in [-0.39, 0.29) is 28.7 Å². The highest BCUT2D eigenvalue weighted by atomic mass is 127. The zero-order valence-electron chi connectivity index (χ0n) is 24.2. The van der Waals surface area contributed by atoms with E-state index in [1.807, 2.05) is 22.6 Å². The topological polar surface area (TPSA) is 142 Å². The van der Waals surface area contributed by atoms with Crippen LogP contribution in [0.15, 0.2) is 64.1 Å². The molecule has 1 fully saturated rings. The van der Waals surface area contributed by atoms with E-state index in [1.165, 1.54) is 18.3 Å². The van der Waals surface area contributed by atoms with E-state index < -0.39 is 33.2 Å². The van der Waals surface area contributed by atoms with E-state index in [1.54, 1.807) is 50.2 Å². The molecule has 0 radical (unpaired) electrons. The fraction of sp³-hybridized carbons (Fsp3) is 0.333. The van der Waals surface area contributed by atoms with Crippen LogP contribution in [0, 0.1) is 3.57 Å². The molecule has 238 valence electrons. The van der Waals surface area contributed by atoms with Crippen molar-refractivity contribution >= 4 is 44.2 Å². The number of hydrogen-bond acceptors (Lipinski definition) is 9. The van der Waals surface area contributed by atoms with Crippen LogP contribution in [0.1, 0.15) is 32.3 Å². The summed E-state index contributed by atoms with van der Waals surface area (Å²) >= 11 is 2.04. The van der Waals surface area contributed by atoms with Crippen LogP contribution in [0.4, 0.5) is 19.0 Å². The number of halogens is 4. The Morgan fingerprint density at radius 3 is 2.27 bits per heavy atom. The number of carbonyl (C=O) groups excluding carboxylic acids is 1. The molecule has 10 nitrogen and oxygen atoms in total. The van der Waals surface area contributed by atoms with Gasteiger partial charge in [0.2, 0.25) is 5.76 Å². The van der Waals surface area contributed by atoms with Crippen molar-refractivity contribution in [3.8, 4) is 34.0 Å². The van der Waals surface area contributed by atoms with Crippen molar-refractivity contribution in [2.75, 3.05) is 18.9 Å². The Morgan fingerprint density at radius 2 is 1.67 bits per heavy atom. The lowest BCUT2D eigenvalue weighted by atomic mass is 10.0. The van der Waals surface area contributed by atoms with Gasteiger partial charge in [0.15, 0.2) is 21.3 Å². The average Bonchev–Trinajstić information content (AvgIpc) is 3.40. The van der Waals surface area contributed by atoms with E-state index in [9.17, 15) is 26.4 Å². The Kier molecular flexibility index (Phi) is 9.51. The molecule has 1 saturated heterocycles. The van der Waals surface area contributed by atoms with Crippen LogP contribution in [0.25, 0.3) is 34.0 Å². The van der Waals surface area contributed by atoms with E-state index in [2.05, 4.69) is 15.1 Å². The molecule has 0 atom stereocenters. The van der Waals surface area contributed by atoms with Crippen molar-refractivity contribution < 1.29 is 35.6 Å². The first-order chi connectivity index (χ1) is 21.3. The molecule has 2 aromatic heterocycles. The van der Waals surface area contributed by atoms with Crippen molar-refractivity contribution in [2.45, 2.75) is 55.6 Å². The number of hydrogen-bond donors (Lipinski definition) is 1. The molecule has 0 unspecified atom stereocenters. The number of aromatic nitrogens is 3. The molecule has 45 heavy (non-hydrogen) atoms. The predicted octanol–water partition coefficient (Wildman–Crippen LogP) is 5.90. The lowest BCUT2D eigenvalue weighted by Crippen LogP contribution is -2.48. The number of rotatable bonds is 8. The van der Waals surface area contributed by atoms with Crippen molar-refractivity contribution in [2.24, 2.45) is 0 Å². The van der Waals surface area contributed by atoms with Crippen LogP contribution in [0.2, 0.25) is 0 Å². The molecule has 15 heteroatoms. The van der Waals surface area contributed by atoms with Crippen molar-refractivity contribution in [1.29, 1.82) is 0 Å². The Labute approximate surface area is 271 Å². The number of sulfone groups is 1. The van der Waals surface area contributed by atoms with Gasteiger partial charge in [-0.2, -0.15) is 13.2 Å². The maximum atomic E-state index is 13.4. The lowest BCUT2D eigenvalue weighted by molar-refractivity contribution is -0.190. The molecule has 1 aliphatic heterocycles. The highest BCUT2D eigenvalue weighted by Gasteiger charge is 2.44. The van der Waals surface area contributed by atoms with Gasteiger partial charge in [-0.3, -0.25) is 4.79 Å².